The van der Waals surface area contributed by atoms with Crippen LogP contribution in [0.15, 0.2) is 0 Å². The fraction of sp³-hybridized carbons (Fsp3) is 0. The van der Waals surface area contributed by atoms with E-state index < -0.39 is 0 Å². The third-order valence-corrected chi connectivity index (χ3v) is 0. The van der Waals surface area contributed by atoms with Gasteiger partial charge in [0.25, 0.3) is 0 Å². The van der Waals surface area contributed by atoms with Crippen LogP contribution in [0.3, 0.4) is 0 Å². The van der Waals surface area contributed by atoms with Crippen LogP contribution < -0.4 is 0 Å². The molecule has 0 N–H and O–H groups in total. The van der Waals surface area contributed by atoms with Gasteiger partial charge in [0.1, 0.15) is 0 Å². The molecule has 0 amide bonds. The van der Waals surface area contributed by atoms with Gasteiger partial charge in [-0.3, -0.25) is 0 Å². The summed E-state index contributed by atoms with van der Waals surface area (Å²) in [7, 11) is 0. The minimum absolute atomic E-state index is 0. The molecule has 0 aromatic carbocycles. The monoisotopic (exact) mass is 462 g/mol. The molecule has 2 nitrogen and oxygen atoms in total. The summed E-state index contributed by atoms with van der Waals surface area (Å²) in [5.41, 5.74) is 0. The molecule has 0 heterocycles. The molecule has 5 heavy (non-hydrogen) atoms. The molecule has 0 saturated heterocycles. The first-order valence-corrected chi connectivity index (χ1v) is 0. The molecule has 0 spiro atoms. The Morgan fingerprint density at radius 3 is 0.800 bits per heavy atom. The zero-order valence-electron chi connectivity index (χ0n) is 2.01. The molecule has 0 unspecified atom stereocenters. The molecule has 0 aliphatic heterocycles. The van der Waals surface area contributed by atoms with E-state index in [1.54, 1.807) is 0 Å². The van der Waals surface area contributed by atoms with E-state index in [-0.39, 0.29) is 74.2 Å². The van der Waals surface area contributed by atoms with Crippen molar-refractivity contribution in [2.24, 2.45) is 0 Å². The van der Waals surface area contributed by atoms with Crippen LogP contribution in [0, 0.1) is 0 Å². The molecule has 0 aliphatic carbocycles. The van der Waals surface area contributed by atoms with Crippen LogP contribution >= 0.6 is 0 Å². The third-order valence-electron chi connectivity index (χ3n) is 0. The average Bonchev–Trinajstić information content (AvgIpc) is 0. The molecule has 0 rings (SSSR count). The zero-order valence-corrected chi connectivity index (χ0v) is 8.56. The van der Waals surface area contributed by atoms with Crippen molar-refractivity contribution in [2.75, 3.05) is 0 Å². The molecule has 0 aromatic heterocycles. The Balaban J connectivity index is 0. The largest absolute Gasteiger partial charge is 4.00 e. The van der Waals surface area contributed by atoms with Crippen LogP contribution in [0.25, 0.3) is 0 Å². The Hall–Kier alpha value is 1.98. The summed E-state index contributed by atoms with van der Waals surface area (Å²) >= 11 is 0. The summed E-state index contributed by atoms with van der Waals surface area (Å²) < 4.78 is 0. The maximum Gasteiger partial charge on any atom is 4.00 e. The van der Waals surface area contributed by atoms with Crippen LogP contribution in [0.5, 0.6) is 0 Å². The number of hydrogen-bond acceptors (Lipinski definition) is 0. The Morgan fingerprint density at radius 1 is 0.800 bits per heavy atom. The van der Waals surface area contributed by atoms with Crippen molar-refractivity contribution in [1.82, 2.24) is 0 Å². The Kier molecular flexibility index (Phi) is 479. The van der Waals surface area contributed by atoms with Gasteiger partial charge in [-0.2, -0.15) is 0 Å². The molecular weight excluding hydrogens is 461 g/mol. The van der Waals surface area contributed by atoms with Gasteiger partial charge in [-0.05, 0) is 0 Å². The van der Waals surface area contributed by atoms with E-state index in [9.17, 15) is 0 Å². The Morgan fingerprint density at radius 2 is 0.800 bits per heavy atom. The van der Waals surface area contributed by atoms with Crippen molar-refractivity contribution in [3.8, 4) is 0 Å². The molecule has 5 heteroatoms. The normalized spacial score (nSPS) is 0. The fourth-order valence-corrected chi connectivity index (χ4v) is 0. The molecule has 0 aliphatic rings. The first-order valence-electron chi connectivity index (χ1n) is 0. The van der Waals surface area contributed by atoms with E-state index in [1.807, 2.05) is 0 Å². The van der Waals surface area contributed by atoms with Crippen LogP contribution in [0.1, 0.15) is 0 Å². The second-order valence-electron chi connectivity index (χ2n) is 0. The van der Waals surface area contributed by atoms with Gasteiger partial charge in [-0.1, -0.05) is 0 Å². The molecule has 0 bridgehead atoms. The van der Waals surface area contributed by atoms with Gasteiger partial charge in [0.05, 0.1) is 0 Å². The first kappa shape index (κ1) is 63.5. The molecule has 0 fully saturated rings. The summed E-state index contributed by atoms with van der Waals surface area (Å²) in [6.07, 6.45) is 0. The van der Waals surface area contributed by atoms with Gasteiger partial charge in [0.2, 0.25) is 0 Å². The third kappa shape index (κ3) is 24.1. The maximum absolute atomic E-state index is 0. The molecular formula is O2PtReTi. The second-order valence-corrected chi connectivity index (χ2v) is 0. The molecule has 0 aromatic rings. The van der Waals surface area contributed by atoms with Crippen molar-refractivity contribution in [3.05, 3.63) is 0 Å². The fourth-order valence-electron chi connectivity index (χ4n) is 0. The van der Waals surface area contributed by atoms with Crippen LogP contribution in [0.2, 0.25) is 0 Å². The predicted octanol–water partition coefficient (Wildman–Crippen LogP) is -0.245. The standard InChI is InChI=1S/2O.Pt.Re.Ti/q2*-2;;;+4. The van der Waals surface area contributed by atoms with E-state index >= 15 is 0 Å². The van der Waals surface area contributed by atoms with Crippen LogP contribution in [-0.4, -0.2) is 0 Å². The average molecular weight is 461 g/mol. The van der Waals surface area contributed by atoms with Crippen LogP contribution in [0.4, 0.5) is 0 Å². The van der Waals surface area contributed by atoms with Crippen molar-refractivity contribution in [3.63, 3.8) is 0 Å². The minimum Gasteiger partial charge on any atom is -2.00 e. The first-order chi connectivity index (χ1) is 0. The van der Waals surface area contributed by atoms with E-state index in [0.717, 1.165) is 0 Å². The zero-order chi connectivity index (χ0) is 0. The number of rotatable bonds is 0. The van der Waals surface area contributed by atoms with E-state index in [2.05, 4.69) is 0 Å². The molecule has 1 radical (unpaired) electrons. The molecule has 0 atom stereocenters. The Labute approximate surface area is 73.5 Å². The van der Waals surface area contributed by atoms with Gasteiger partial charge in [0, 0.05) is 41.5 Å². The SMILES string of the molecule is [O-2].[O-2].[Pt].[Re].[Ti+4]. The van der Waals surface area contributed by atoms with Gasteiger partial charge >= 0.3 is 21.7 Å². The van der Waals surface area contributed by atoms with Gasteiger partial charge < -0.3 is 11.0 Å². The minimum atomic E-state index is 0. The maximum atomic E-state index is 0. The smallest absolute Gasteiger partial charge is 2.00 e. The molecule has 0 saturated carbocycles. The number of hydrogen-bond donors (Lipinski definition) is 0. The van der Waals surface area contributed by atoms with E-state index in [4.69, 9.17) is 0 Å². The molecule has 33 valence electrons. The van der Waals surface area contributed by atoms with Crippen molar-refractivity contribution < 1.29 is 74.2 Å². The van der Waals surface area contributed by atoms with Crippen LogP contribution in [-0.2, 0) is 74.2 Å². The Bertz CT molecular complexity index is 9.61. The topological polar surface area (TPSA) is 57.0 Å². The van der Waals surface area contributed by atoms with Crippen molar-refractivity contribution in [1.29, 1.82) is 0 Å². The summed E-state index contributed by atoms with van der Waals surface area (Å²) in [6.45, 7) is 0. The quantitative estimate of drug-likeness (QED) is 0.448. The summed E-state index contributed by atoms with van der Waals surface area (Å²) in [6, 6.07) is 0. The van der Waals surface area contributed by atoms with Crippen molar-refractivity contribution in [2.45, 2.75) is 0 Å². The summed E-state index contributed by atoms with van der Waals surface area (Å²) in [5.74, 6) is 0. The van der Waals surface area contributed by atoms with E-state index in [0.29, 0.717) is 0 Å². The van der Waals surface area contributed by atoms with Gasteiger partial charge in [0.15, 0.2) is 0 Å². The van der Waals surface area contributed by atoms with Gasteiger partial charge in [-0.25, -0.2) is 0 Å². The summed E-state index contributed by atoms with van der Waals surface area (Å²) in [5, 5.41) is 0. The van der Waals surface area contributed by atoms with Crippen molar-refractivity contribution >= 4 is 0 Å². The predicted molar refractivity (Wildman–Crippen MR) is 1.37 cm³/mol. The van der Waals surface area contributed by atoms with Gasteiger partial charge in [-0.15, -0.1) is 0 Å². The second kappa shape index (κ2) is 37.7. The summed E-state index contributed by atoms with van der Waals surface area (Å²) in [4.78, 5) is 0. The van der Waals surface area contributed by atoms with E-state index in [1.165, 1.54) is 0 Å².